The van der Waals surface area contributed by atoms with Gasteiger partial charge in [-0.15, -0.1) is 0 Å². The highest BCUT2D eigenvalue weighted by atomic mass is 19.1. The Kier molecular flexibility index (Phi) is 4.49. The SMILES string of the molecule is CCNc1nc(NCCc2nccn2C)c(F)cc1F. The van der Waals surface area contributed by atoms with Crippen molar-refractivity contribution in [2.75, 3.05) is 23.7 Å². The normalized spacial score (nSPS) is 10.6. The molecule has 108 valence electrons. The van der Waals surface area contributed by atoms with Gasteiger partial charge in [-0.25, -0.2) is 18.7 Å². The molecular formula is C13H17F2N5. The van der Waals surface area contributed by atoms with Crippen molar-refractivity contribution in [3.63, 3.8) is 0 Å². The molecule has 0 saturated carbocycles. The number of halogens is 2. The number of pyridine rings is 1. The quantitative estimate of drug-likeness (QED) is 0.852. The Bertz CT molecular complexity index is 582. The average molecular weight is 281 g/mol. The maximum atomic E-state index is 13.6. The van der Waals surface area contributed by atoms with Gasteiger partial charge >= 0.3 is 0 Å². The highest BCUT2D eigenvalue weighted by molar-refractivity contribution is 5.47. The number of nitrogens with zero attached hydrogens (tertiary/aromatic N) is 3. The molecule has 0 saturated heterocycles. The van der Waals surface area contributed by atoms with Crippen LogP contribution in [0.1, 0.15) is 12.7 Å². The van der Waals surface area contributed by atoms with E-state index in [9.17, 15) is 8.78 Å². The Morgan fingerprint density at radius 2 is 1.90 bits per heavy atom. The number of anilines is 2. The molecule has 2 aromatic heterocycles. The molecule has 2 rings (SSSR count). The van der Waals surface area contributed by atoms with Crippen LogP contribution in [0.5, 0.6) is 0 Å². The van der Waals surface area contributed by atoms with E-state index in [1.807, 2.05) is 24.7 Å². The van der Waals surface area contributed by atoms with Gasteiger partial charge in [0.1, 0.15) is 5.82 Å². The van der Waals surface area contributed by atoms with E-state index in [2.05, 4.69) is 20.6 Å². The maximum Gasteiger partial charge on any atom is 0.168 e. The van der Waals surface area contributed by atoms with Crippen LogP contribution >= 0.6 is 0 Å². The zero-order valence-electron chi connectivity index (χ0n) is 11.5. The second kappa shape index (κ2) is 6.31. The molecule has 2 aromatic rings. The summed E-state index contributed by atoms with van der Waals surface area (Å²) in [5.74, 6) is -0.431. The van der Waals surface area contributed by atoms with Crippen LogP contribution in [0, 0.1) is 11.6 Å². The Labute approximate surface area is 116 Å². The van der Waals surface area contributed by atoms with Crippen LogP contribution in [0.4, 0.5) is 20.4 Å². The van der Waals surface area contributed by atoms with Crippen LogP contribution in [0.3, 0.4) is 0 Å². The first-order valence-corrected chi connectivity index (χ1v) is 6.41. The summed E-state index contributed by atoms with van der Waals surface area (Å²) in [6.45, 7) is 2.80. The number of hydrogen-bond acceptors (Lipinski definition) is 4. The Balaban J connectivity index is 2.02. The third kappa shape index (κ3) is 3.23. The van der Waals surface area contributed by atoms with Crippen molar-refractivity contribution in [2.45, 2.75) is 13.3 Å². The molecule has 0 atom stereocenters. The summed E-state index contributed by atoms with van der Waals surface area (Å²) >= 11 is 0. The van der Waals surface area contributed by atoms with Crippen molar-refractivity contribution in [3.8, 4) is 0 Å². The molecule has 0 unspecified atom stereocenters. The van der Waals surface area contributed by atoms with Crippen LogP contribution in [-0.4, -0.2) is 27.6 Å². The lowest BCUT2D eigenvalue weighted by Gasteiger charge is -2.10. The molecule has 0 aliphatic heterocycles. The van der Waals surface area contributed by atoms with Crippen LogP contribution in [0.15, 0.2) is 18.5 Å². The molecule has 0 bridgehead atoms. The highest BCUT2D eigenvalue weighted by Gasteiger charge is 2.11. The predicted molar refractivity (Wildman–Crippen MR) is 73.7 cm³/mol. The van der Waals surface area contributed by atoms with Crippen molar-refractivity contribution in [2.24, 2.45) is 7.05 Å². The van der Waals surface area contributed by atoms with Gasteiger partial charge < -0.3 is 15.2 Å². The number of nitrogens with one attached hydrogen (secondary N) is 2. The van der Waals surface area contributed by atoms with Gasteiger partial charge in [0.25, 0.3) is 0 Å². The number of rotatable bonds is 6. The van der Waals surface area contributed by atoms with Crippen LogP contribution in [-0.2, 0) is 13.5 Å². The van der Waals surface area contributed by atoms with E-state index in [1.165, 1.54) is 0 Å². The minimum atomic E-state index is -0.705. The largest absolute Gasteiger partial charge is 0.368 e. The van der Waals surface area contributed by atoms with E-state index in [0.717, 1.165) is 11.9 Å². The molecule has 5 nitrogen and oxygen atoms in total. The van der Waals surface area contributed by atoms with Crippen molar-refractivity contribution < 1.29 is 8.78 Å². The molecular weight excluding hydrogens is 264 g/mol. The van der Waals surface area contributed by atoms with E-state index < -0.39 is 11.6 Å². The van der Waals surface area contributed by atoms with Gasteiger partial charge in [0.2, 0.25) is 0 Å². The highest BCUT2D eigenvalue weighted by Crippen LogP contribution is 2.18. The smallest absolute Gasteiger partial charge is 0.168 e. The number of imidazole rings is 1. The van der Waals surface area contributed by atoms with Gasteiger partial charge in [-0.2, -0.15) is 0 Å². The predicted octanol–water partition coefficient (Wildman–Crippen LogP) is 2.18. The summed E-state index contributed by atoms with van der Waals surface area (Å²) < 4.78 is 28.9. The Hall–Kier alpha value is -2.18. The van der Waals surface area contributed by atoms with Gasteiger partial charge in [-0.1, -0.05) is 0 Å². The molecule has 20 heavy (non-hydrogen) atoms. The van der Waals surface area contributed by atoms with Gasteiger partial charge in [0, 0.05) is 45.0 Å². The van der Waals surface area contributed by atoms with Crippen molar-refractivity contribution in [1.29, 1.82) is 0 Å². The first kappa shape index (κ1) is 14.2. The lowest BCUT2D eigenvalue weighted by atomic mass is 10.3. The van der Waals surface area contributed by atoms with Crippen LogP contribution in [0.2, 0.25) is 0 Å². The zero-order valence-corrected chi connectivity index (χ0v) is 11.5. The monoisotopic (exact) mass is 281 g/mol. The fraction of sp³-hybridized carbons (Fsp3) is 0.385. The van der Waals surface area contributed by atoms with E-state index in [4.69, 9.17) is 0 Å². The van der Waals surface area contributed by atoms with Gasteiger partial charge in [0.15, 0.2) is 23.3 Å². The number of hydrogen-bond donors (Lipinski definition) is 2. The van der Waals surface area contributed by atoms with E-state index in [1.54, 1.807) is 6.20 Å². The van der Waals surface area contributed by atoms with E-state index in [-0.39, 0.29) is 11.6 Å². The first-order chi connectivity index (χ1) is 9.61. The summed E-state index contributed by atoms with van der Waals surface area (Å²) in [5.41, 5.74) is 0. The topological polar surface area (TPSA) is 54.8 Å². The fourth-order valence-electron chi connectivity index (χ4n) is 1.81. The second-order valence-corrected chi connectivity index (χ2v) is 4.31. The third-order valence-electron chi connectivity index (χ3n) is 2.84. The lowest BCUT2D eigenvalue weighted by molar-refractivity contribution is 0.578. The molecule has 0 aliphatic rings. The van der Waals surface area contributed by atoms with Gasteiger partial charge in [-0.05, 0) is 6.92 Å². The molecule has 7 heteroatoms. The van der Waals surface area contributed by atoms with Crippen LogP contribution < -0.4 is 10.6 Å². The van der Waals surface area contributed by atoms with Gasteiger partial charge in [-0.3, -0.25) is 0 Å². The Morgan fingerprint density at radius 3 is 2.50 bits per heavy atom. The van der Waals surface area contributed by atoms with Crippen LogP contribution in [0.25, 0.3) is 0 Å². The summed E-state index contributed by atoms with van der Waals surface area (Å²) in [7, 11) is 1.89. The first-order valence-electron chi connectivity index (χ1n) is 6.41. The van der Waals surface area contributed by atoms with Crippen molar-refractivity contribution >= 4 is 11.6 Å². The maximum absolute atomic E-state index is 13.6. The molecule has 0 aromatic carbocycles. The summed E-state index contributed by atoms with van der Waals surface area (Å²) in [5, 5.41) is 5.61. The minimum absolute atomic E-state index is 0.0385. The van der Waals surface area contributed by atoms with E-state index >= 15 is 0 Å². The third-order valence-corrected chi connectivity index (χ3v) is 2.84. The second-order valence-electron chi connectivity index (χ2n) is 4.31. The standard InChI is InChI=1S/C13H17F2N5/c1-3-16-12-9(14)8-10(15)13(19-12)18-5-4-11-17-6-7-20(11)2/h6-8H,3-5H2,1-2H3,(H2,16,18,19). The minimum Gasteiger partial charge on any atom is -0.368 e. The summed E-state index contributed by atoms with van der Waals surface area (Å²) in [6, 6.07) is 0.827. The molecule has 2 N–H and O–H groups in total. The molecule has 0 radical (unpaired) electrons. The molecule has 0 aliphatic carbocycles. The van der Waals surface area contributed by atoms with Crippen molar-refractivity contribution in [3.05, 3.63) is 35.9 Å². The fourth-order valence-corrected chi connectivity index (χ4v) is 1.81. The molecule has 0 amide bonds. The summed E-state index contributed by atoms with van der Waals surface area (Å²) in [4.78, 5) is 8.07. The van der Waals surface area contributed by atoms with Crippen molar-refractivity contribution in [1.82, 2.24) is 14.5 Å². The zero-order chi connectivity index (χ0) is 14.5. The number of aryl methyl sites for hydroxylation is 1. The molecule has 0 fully saturated rings. The molecule has 2 heterocycles. The average Bonchev–Trinajstić information content (AvgIpc) is 2.81. The number of aromatic nitrogens is 3. The molecule has 0 spiro atoms. The van der Waals surface area contributed by atoms with E-state index in [0.29, 0.717) is 19.5 Å². The summed E-state index contributed by atoms with van der Waals surface area (Å²) in [6.07, 6.45) is 4.17. The van der Waals surface area contributed by atoms with Gasteiger partial charge in [0.05, 0.1) is 0 Å². The lowest BCUT2D eigenvalue weighted by Crippen LogP contribution is -2.12. The Morgan fingerprint density at radius 1 is 1.20 bits per heavy atom.